The van der Waals surface area contributed by atoms with E-state index in [0.29, 0.717) is 101 Å². The Balaban J connectivity index is 0.000000132. The van der Waals surface area contributed by atoms with Crippen LogP contribution in [0.15, 0.2) is 249 Å². The second kappa shape index (κ2) is 30.4. The van der Waals surface area contributed by atoms with Gasteiger partial charge in [-0.2, -0.15) is 15.0 Å². The molecule has 0 spiro atoms. The number of hydrogen-bond acceptors (Lipinski definition) is 11. The number of fused-ring (bicyclic) bond motifs is 3. The number of nitrogens with zero attached hydrogens (tertiary/aromatic N) is 7. The molecule has 3 aliphatic rings. The van der Waals surface area contributed by atoms with Gasteiger partial charge in [0.2, 0.25) is 10.0 Å². The van der Waals surface area contributed by atoms with Crippen LogP contribution in [0.2, 0.25) is 0 Å². The molecule has 104 heavy (non-hydrogen) atoms. The highest BCUT2D eigenvalue weighted by atomic mass is 32.2. The maximum absolute atomic E-state index is 14.3. The van der Waals surface area contributed by atoms with Gasteiger partial charge in [-0.15, -0.1) is 0 Å². The standard InChI is InChI=1S/C29H24FN5O.C29H28FN3O3S.C26H22FN3O/c30-22-10-6-9-21(17-22)28-24(18-35-31-15-16-32-35)26(23-11-4-5-12-25(23)33-28)29(36)34-27(20-13-14-20)19-7-2-1-3-8-19;1-33(37(2,35)36)18-24-26(29(34)32-27(20-15-16-20)21-11-8-12-22(30)17-21)23-13-6-7-14-25(23)31-28(24)19-9-4-3-5-10-19;27-19-10-6-9-18(15-19)25-23(28)22(20-11-4-5-12-21(20)29-25)26(31)30-24(17-13-14-17)16-7-2-1-3-8-16/h1-12,15-17,20,27H,13-14,18H2,(H,34,36);3-14,17,20,27H,15-16,18H2,1-2H3,(H,32,34);1-12,15,17,24H,13-14,28H2,(H,30,31)/t2*27-;24-/m101/s1. The zero-order valence-corrected chi connectivity index (χ0v) is 57.9. The molecular formula is C84H74F3N11O5S. The molecule has 5 N–H and O–H groups in total. The van der Waals surface area contributed by atoms with Crippen LogP contribution in [-0.4, -0.2) is 73.7 Å². The lowest BCUT2D eigenvalue weighted by Gasteiger charge is -2.24. The molecule has 3 atom stereocenters. The zero-order chi connectivity index (χ0) is 72.0. The van der Waals surface area contributed by atoms with Crippen molar-refractivity contribution in [2.75, 3.05) is 19.0 Å². The first-order chi connectivity index (χ1) is 50.5. The number of sulfonamides is 1. The van der Waals surface area contributed by atoms with Gasteiger partial charge in [0.15, 0.2) is 0 Å². The van der Waals surface area contributed by atoms with Crippen molar-refractivity contribution in [3.05, 3.63) is 311 Å². The van der Waals surface area contributed by atoms with Crippen molar-refractivity contribution in [3.8, 4) is 33.8 Å². The number of nitrogens with two attached hydrogens (primary N) is 1. The largest absolute Gasteiger partial charge is 0.396 e. The molecule has 16 rings (SSSR count). The molecule has 3 saturated carbocycles. The van der Waals surface area contributed by atoms with Gasteiger partial charge in [-0.1, -0.05) is 182 Å². The van der Waals surface area contributed by atoms with Crippen molar-refractivity contribution in [2.45, 2.75) is 69.7 Å². The van der Waals surface area contributed by atoms with Crippen LogP contribution in [0.5, 0.6) is 0 Å². The number of nitrogen functional groups attached to an aromatic ring is 1. The number of pyridine rings is 3. The number of rotatable bonds is 20. The Morgan fingerprint density at radius 2 is 0.808 bits per heavy atom. The molecule has 4 heterocycles. The van der Waals surface area contributed by atoms with Crippen molar-refractivity contribution in [2.24, 2.45) is 17.8 Å². The quantitative estimate of drug-likeness (QED) is 0.0562. The van der Waals surface area contributed by atoms with Crippen LogP contribution in [0, 0.1) is 35.2 Å². The third-order valence-corrected chi connectivity index (χ3v) is 20.5. The molecule has 3 amide bonds. The normalized spacial score (nSPS) is 14.3. The van der Waals surface area contributed by atoms with Gasteiger partial charge in [0, 0.05) is 57.6 Å². The molecule has 20 heteroatoms. The van der Waals surface area contributed by atoms with Crippen molar-refractivity contribution >= 4 is 66.1 Å². The number of hydrogen-bond donors (Lipinski definition) is 4. The lowest BCUT2D eigenvalue weighted by atomic mass is 9.95. The Kier molecular flexibility index (Phi) is 20.3. The SMILES string of the molecule is CN(Cc1c(-c2ccccc2)nc2ccccc2c1C(=O)N[C@H](c1cccc(F)c1)C1CC1)S(C)(=O)=O.Nc1c(-c2cccc(F)c2)nc2ccccc2c1C(=O)N[C@H](c1ccccc1)C1CC1.O=C(N[C@H](c1ccccc1)C1CC1)c1c(Cn2nccn2)c(-c2cccc(F)c2)nc2ccccc12. The second-order valence-corrected chi connectivity index (χ2v) is 28.7. The van der Waals surface area contributed by atoms with Crippen LogP contribution < -0.4 is 21.7 Å². The molecule has 0 unspecified atom stereocenters. The molecule has 0 bridgehead atoms. The van der Waals surface area contributed by atoms with E-state index >= 15 is 0 Å². The van der Waals surface area contributed by atoms with Crippen molar-refractivity contribution in [3.63, 3.8) is 0 Å². The highest BCUT2D eigenvalue weighted by Crippen LogP contribution is 2.45. The van der Waals surface area contributed by atoms with Crippen LogP contribution in [-0.2, 0) is 23.1 Å². The summed E-state index contributed by atoms with van der Waals surface area (Å²) >= 11 is 0. The van der Waals surface area contributed by atoms with E-state index in [0.717, 1.165) is 66.9 Å². The number of anilines is 1. The fourth-order valence-corrected chi connectivity index (χ4v) is 13.9. The van der Waals surface area contributed by atoms with Gasteiger partial charge in [0.25, 0.3) is 17.7 Å². The number of para-hydroxylation sites is 3. The first-order valence-corrected chi connectivity index (χ1v) is 36.5. The van der Waals surface area contributed by atoms with Crippen molar-refractivity contribution in [1.82, 2.24) is 50.2 Å². The van der Waals surface area contributed by atoms with E-state index in [1.54, 1.807) is 42.7 Å². The molecule has 3 fully saturated rings. The highest BCUT2D eigenvalue weighted by molar-refractivity contribution is 7.88. The molecular weight excluding hydrogens is 1330 g/mol. The van der Waals surface area contributed by atoms with Crippen LogP contribution in [0.25, 0.3) is 66.5 Å². The van der Waals surface area contributed by atoms with E-state index in [1.165, 1.54) is 52.5 Å². The predicted octanol–water partition coefficient (Wildman–Crippen LogP) is 16.4. The average molecular weight is 1410 g/mol. The van der Waals surface area contributed by atoms with Gasteiger partial charge in [-0.05, 0) is 128 Å². The van der Waals surface area contributed by atoms with Crippen molar-refractivity contribution < 1.29 is 36.0 Å². The van der Waals surface area contributed by atoms with Crippen molar-refractivity contribution in [1.29, 1.82) is 0 Å². The summed E-state index contributed by atoms with van der Waals surface area (Å²) in [5, 5.41) is 20.3. The van der Waals surface area contributed by atoms with Gasteiger partial charge in [-0.25, -0.2) is 40.8 Å². The molecule has 16 nitrogen and oxygen atoms in total. The number of benzene rings is 9. The summed E-state index contributed by atoms with van der Waals surface area (Å²) in [6.45, 7) is 0.191. The van der Waals surface area contributed by atoms with Crippen LogP contribution >= 0.6 is 0 Å². The molecule has 0 radical (unpaired) electrons. The molecule has 9 aromatic carbocycles. The fourth-order valence-electron chi connectivity index (χ4n) is 13.5. The number of halogens is 3. The maximum Gasteiger partial charge on any atom is 0.254 e. The van der Waals surface area contributed by atoms with Gasteiger partial charge in [0.05, 0.1) is 99.3 Å². The highest BCUT2D eigenvalue weighted by Gasteiger charge is 2.38. The average Bonchev–Trinajstić information content (AvgIpc) is 1.27. The smallest absolute Gasteiger partial charge is 0.254 e. The van der Waals surface area contributed by atoms with Crippen LogP contribution in [0.3, 0.4) is 0 Å². The number of carbonyl (C=O) groups is 3. The Bertz CT molecular complexity index is 5440. The zero-order valence-electron chi connectivity index (χ0n) is 57.1. The van der Waals surface area contributed by atoms with Crippen LogP contribution in [0.1, 0.15) is 116 Å². The lowest BCUT2D eigenvalue weighted by molar-refractivity contribution is 0.0923. The molecule has 13 aromatic rings. The van der Waals surface area contributed by atoms with Gasteiger partial charge >= 0.3 is 0 Å². The molecule has 0 saturated heterocycles. The second-order valence-electron chi connectivity index (χ2n) is 26.6. The summed E-state index contributed by atoms with van der Waals surface area (Å²) in [5.74, 6) is -0.822. The lowest BCUT2D eigenvalue weighted by Crippen LogP contribution is -2.32. The summed E-state index contributed by atoms with van der Waals surface area (Å²) in [5.41, 5.74) is 17.4. The summed E-state index contributed by atoms with van der Waals surface area (Å²) in [6, 6.07) is 70.0. The summed E-state index contributed by atoms with van der Waals surface area (Å²) in [4.78, 5) is 57.7. The van der Waals surface area contributed by atoms with Gasteiger partial charge < -0.3 is 21.7 Å². The predicted molar refractivity (Wildman–Crippen MR) is 399 cm³/mol. The third-order valence-electron chi connectivity index (χ3n) is 19.2. The number of carbonyl (C=O) groups excluding carboxylic acids is 3. The molecule has 522 valence electrons. The van der Waals surface area contributed by atoms with E-state index in [4.69, 9.17) is 15.7 Å². The van der Waals surface area contributed by atoms with Crippen LogP contribution in [0.4, 0.5) is 18.9 Å². The Morgan fingerprint density at radius 1 is 0.452 bits per heavy atom. The topological polar surface area (TPSA) is 220 Å². The number of nitrogens with one attached hydrogen (secondary N) is 3. The van der Waals surface area contributed by atoms with E-state index in [1.807, 2.05) is 158 Å². The van der Waals surface area contributed by atoms with E-state index in [2.05, 4.69) is 43.3 Å². The number of amides is 3. The molecule has 3 aliphatic carbocycles. The third kappa shape index (κ3) is 15.8. The Morgan fingerprint density at radius 3 is 1.26 bits per heavy atom. The minimum absolute atomic E-state index is 0.0301. The molecule has 0 aliphatic heterocycles. The first-order valence-electron chi connectivity index (χ1n) is 34.6. The Hall–Kier alpha value is -11.7. The van der Waals surface area contributed by atoms with E-state index in [9.17, 15) is 36.0 Å². The number of aromatic nitrogens is 6. The fraction of sp³-hybridized carbons (Fsp3) is 0.190. The van der Waals surface area contributed by atoms with E-state index < -0.39 is 10.0 Å². The minimum Gasteiger partial charge on any atom is -0.396 e. The molecule has 4 aromatic heterocycles. The summed E-state index contributed by atoms with van der Waals surface area (Å²) < 4.78 is 68.2. The first kappa shape index (κ1) is 69.4. The maximum atomic E-state index is 14.3. The monoisotopic (exact) mass is 1410 g/mol. The minimum atomic E-state index is -3.54. The summed E-state index contributed by atoms with van der Waals surface area (Å²) in [6.07, 6.45) is 10.5. The van der Waals surface area contributed by atoms with Gasteiger partial charge in [-0.3, -0.25) is 14.4 Å². The van der Waals surface area contributed by atoms with Gasteiger partial charge in [0.1, 0.15) is 17.5 Å². The summed E-state index contributed by atoms with van der Waals surface area (Å²) in [7, 11) is -2.05. The van der Waals surface area contributed by atoms with E-state index in [-0.39, 0.29) is 78.0 Å². The Labute approximate surface area is 600 Å².